The second kappa shape index (κ2) is 6.78. The maximum atomic E-state index is 12.5. The van der Waals surface area contributed by atoms with Crippen molar-refractivity contribution in [2.24, 2.45) is 5.73 Å². The second-order valence-corrected chi connectivity index (χ2v) is 6.03. The Morgan fingerprint density at radius 2 is 1.92 bits per heavy atom. The Balaban J connectivity index is 1.93. The van der Waals surface area contributed by atoms with Crippen molar-refractivity contribution in [1.29, 1.82) is 0 Å². The van der Waals surface area contributed by atoms with Crippen molar-refractivity contribution < 1.29 is 14.0 Å². The number of aryl methyl sites for hydroxylation is 1. The number of hydrogen-bond donors (Lipinski definition) is 2. The number of furan rings is 1. The summed E-state index contributed by atoms with van der Waals surface area (Å²) in [6.07, 6.45) is 4.92. The molecule has 1 aliphatic rings. The van der Waals surface area contributed by atoms with Crippen LogP contribution in [0.1, 0.15) is 45.7 Å². The zero-order valence-electron chi connectivity index (χ0n) is 13.7. The average Bonchev–Trinajstić information content (AvgIpc) is 3.01. The molecule has 0 bridgehead atoms. The van der Waals surface area contributed by atoms with Crippen LogP contribution in [0.25, 0.3) is 0 Å². The Morgan fingerprint density at radius 1 is 1.17 bits per heavy atom. The summed E-state index contributed by atoms with van der Waals surface area (Å²) in [5.41, 5.74) is 7.98. The fraction of sp³-hybridized carbons (Fsp3) is 0.333. The van der Waals surface area contributed by atoms with E-state index in [1.54, 1.807) is 18.2 Å². The van der Waals surface area contributed by atoms with Crippen LogP contribution in [-0.4, -0.2) is 24.9 Å². The lowest BCUT2D eigenvalue weighted by Gasteiger charge is -2.30. The van der Waals surface area contributed by atoms with Gasteiger partial charge in [0.05, 0.1) is 17.6 Å². The van der Waals surface area contributed by atoms with Crippen LogP contribution in [0.15, 0.2) is 34.9 Å². The van der Waals surface area contributed by atoms with Crippen molar-refractivity contribution in [2.75, 3.05) is 23.3 Å². The molecular formula is C18H21N3O3. The molecule has 126 valence electrons. The molecule has 0 unspecified atom stereocenters. The molecule has 1 aromatic carbocycles. The molecule has 1 saturated heterocycles. The number of benzene rings is 1. The minimum atomic E-state index is -0.523. The van der Waals surface area contributed by atoms with Gasteiger partial charge in [0.15, 0.2) is 5.76 Å². The Morgan fingerprint density at radius 3 is 2.54 bits per heavy atom. The fourth-order valence-corrected chi connectivity index (χ4v) is 2.98. The molecule has 2 heterocycles. The van der Waals surface area contributed by atoms with Crippen LogP contribution in [0, 0.1) is 6.92 Å². The summed E-state index contributed by atoms with van der Waals surface area (Å²) >= 11 is 0. The topological polar surface area (TPSA) is 88.6 Å². The summed E-state index contributed by atoms with van der Waals surface area (Å²) in [6, 6.07) is 6.90. The number of anilines is 2. The molecule has 3 N–H and O–H groups in total. The maximum Gasteiger partial charge on any atom is 0.291 e. The first-order valence-corrected chi connectivity index (χ1v) is 8.10. The van der Waals surface area contributed by atoms with Gasteiger partial charge in [-0.15, -0.1) is 0 Å². The van der Waals surface area contributed by atoms with Crippen molar-refractivity contribution in [2.45, 2.75) is 26.2 Å². The van der Waals surface area contributed by atoms with Gasteiger partial charge in [-0.3, -0.25) is 9.59 Å². The number of nitrogens with one attached hydrogen (secondary N) is 1. The third-order valence-corrected chi connectivity index (χ3v) is 4.29. The highest BCUT2D eigenvalue weighted by atomic mass is 16.3. The number of nitrogens with zero attached hydrogens (tertiary/aromatic N) is 1. The summed E-state index contributed by atoms with van der Waals surface area (Å²) in [5, 5.41) is 2.86. The van der Waals surface area contributed by atoms with Crippen molar-refractivity contribution in [3.05, 3.63) is 47.4 Å². The highest BCUT2D eigenvalue weighted by molar-refractivity contribution is 6.06. The number of primary amides is 1. The van der Waals surface area contributed by atoms with Crippen molar-refractivity contribution in [1.82, 2.24) is 0 Å². The van der Waals surface area contributed by atoms with E-state index in [-0.39, 0.29) is 11.7 Å². The summed E-state index contributed by atoms with van der Waals surface area (Å²) < 4.78 is 5.24. The van der Waals surface area contributed by atoms with Gasteiger partial charge in [0.1, 0.15) is 0 Å². The lowest BCUT2D eigenvalue weighted by Crippen LogP contribution is -2.30. The monoisotopic (exact) mass is 327 g/mol. The molecule has 0 radical (unpaired) electrons. The first kappa shape index (κ1) is 16.1. The number of nitrogens with two attached hydrogens (primary N) is 1. The van der Waals surface area contributed by atoms with E-state index in [1.807, 2.05) is 13.0 Å². The van der Waals surface area contributed by atoms with Gasteiger partial charge in [0, 0.05) is 24.2 Å². The van der Waals surface area contributed by atoms with Crippen molar-refractivity contribution in [3.8, 4) is 0 Å². The Labute approximate surface area is 140 Å². The number of carbonyl (C=O) groups excluding carboxylic acids is 2. The first-order valence-electron chi connectivity index (χ1n) is 8.10. The van der Waals surface area contributed by atoms with E-state index in [2.05, 4.69) is 10.2 Å². The Hall–Kier alpha value is -2.76. The summed E-state index contributed by atoms with van der Waals surface area (Å²) in [7, 11) is 0. The minimum Gasteiger partial charge on any atom is -0.459 e. The van der Waals surface area contributed by atoms with E-state index in [0.29, 0.717) is 11.3 Å². The Kier molecular flexibility index (Phi) is 4.55. The van der Waals surface area contributed by atoms with Crippen molar-refractivity contribution in [3.63, 3.8) is 0 Å². The first-order chi connectivity index (χ1) is 11.6. The van der Waals surface area contributed by atoms with Gasteiger partial charge in [-0.25, -0.2) is 0 Å². The fourth-order valence-electron chi connectivity index (χ4n) is 2.98. The number of rotatable bonds is 4. The normalized spacial score (nSPS) is 14.5. The zero-order valence-corrected chi connectivity index (χ0v) is 13.7. The largest absolute Gasteiger partial charge is 0.459 e. The molecule has 2 amide bonds. The van der Waals surface area contributed by atoms with Gasteiger partial charge in [0.2, 0.25) is 5.91 Å². The third-order valence-electron chi connectivity index (χ3n) is 4.29. The SMILES string of the molecule is Cc1ccoc1C(=O)Nc1cc(C(N)=O)ccc1N1CCCCC1. The van der Waals surface area contributed by atoms with Gasteiger partial charge in [-0.2, -0.15) is 0 Å². The van der Waals surface area contributed by atoms with Crippen LogP contribution in [0.3, 0.4) is 0 Å². The molecule has 1 fully saturated rings. The van der Waals surface area contributed by atoms with Gasteiger partial charge in [-0.1, -0.05) is 0 Å². The molecule has 0 atom stereocenters. The van der Waals surface area contributed by atoms with Crippen molar-refractivity contribution >= 4 is 23.2 Å². The van der Waals surface area contributed by atoms with E-state index < -0.39 is 5.91 Å². The number of hydrogen-bond acceptors (Lipinski definition) is 4. The average molecular weight is 327 g/mol. The van der Waals surface area contributed by atoms with Gasteiger partial charge in [0.25, 0.3) is 5.91 Å². The zero-order chi connectivity index (χ0) is 17.1. The van der Waals surface area contributed by atoms with Crippen LogP contribution in [0.5, 0.6) is 0 Å². The quantitative estimate of drug-likeness (QED) is 0.903. The van der Waals surface area contributed by atoms with Crippen LogP contribution in [-0.2, 0) is 0 Å². The smallest absolute Gasteiger partial charge is 0.291 e. The molecule has 24 heavy (non-hydrogen) atoms. The minimum absolute atomic E-state index is 0.268. The lowest BCUT2D eigenvalue weighted by atomic mass is 10.1. The molecule has 0 saturated carbocycles. The number of carbonyl (C=O) groups is 2. The number of piperidine rings is 1. The molecule has 1 aromatic heterocycles. The standard InChI is InChI=1S/C18H21N3O3/c1-12-7-10-24-16(12)18(23)20-14-11-13(17(19)22)5-6-15(14)21-8-3-2-4-9-21/h5-7,10-11H,2-4,8-9H2,1H3,(H2,19,22)(H,20,23). The summed E-state index contributed by atoms with van der Waals surface area (Å²) in [4.78, 5) is 26.2. The molecule has 6 heteroatoms. The molecule has 6 nitrogen and oxygen atoms in total. The van der Waals surface area contributed by atoms with E-state index in [4.69, 9.17) is 10.2 Å². The van der Waals surface area contributed by atoms with Gasteiger partial charge in [-0.05, 0) is 50.5 Å². The van der Waals surface area contributed by atoms with E-state index in [9.17, 15) is 9.59 Å². The van der Waals surface area contributed by atoms with Crippen LogP contribution in [0.2, 0.25) is 0 Å². The maximum absolute atomic E-state index is 12.5. The van der Waals surface area contributed by atoms with E-state index in [0.717, 1.165) is 37.2 Å². The van der Waals surface area contributed by atoms with Crippen LogP contribution in [0.4, 0.5) is 11.4 Å². The molecule has 0 aliphatic carbocycles. The second-order valence-electron chi connectivity index (χ2n) is 6.03. The van der Waals surface area contributed by atoms with E-state index >= 15 is 0 Å². The lowest BCUT2D eigenvalue weighted by molar-refractivity contribution is 0.0987. The third kappa shape index (κ3) is 3.27. The van der Waals surface area contributed by atoms with Crippen LogP contribution >= 0.6 is 0 Å². The molecule has 1 aliphatic heterocycles. The summed E-state index contributed by atoms with van der Waals surface area (Å²) in [5.74, 6) is -0.591. The number of amides is 2. The van der Waals surface area contributed by atoms with Gasteiger partial charge >= 0.3 is 0 Å². The predicted molar refractivity (Wildman–Crippen MR) is 92.4 cm³/mol. The molecular weight excluding hydrogens is 306 g/mol. The molecule has 3 rings (SSSR count). The van der Waals surface area contributed by atoms with Gasteiger partial charge < -0.3 is 20.4 Å². The Bertz CT molecular complexity index is 761. The predicted octanol–water partition coefficient (Wildman–Crippen LogP) is 2.93. The molecule has 0 spiro atoms. The summed E-state index contributed by atoms with van der Waals surface area (Å²) in [6.45, 7) is 3.67. The highest BCUT2D eigenvalue weighted by Gasteiger charge is 2.19. The highest BCUT2D eigenvalue weighted by Crippen LogP contribution is 2.30. The van der Waals surface area contributed by atoms with E-state index in [1.165, 1.54) is 12.7 Å². The van der Waals surface area contributed by atoms with Crippen LogP contribution < -0.4 is 16.0 Å². The molecule has 2 aromatic rings.